The van der Waals surface area contributed by atoms with Gasteiger partial charge in [0.05, 0.1) is 23.9 Å². The summed E-state index contributed by atoms with van der Waals surface area (Å²) < 4.78 is 18.8. The van der Waals surface area contributed by atoms with Crippen LogP contribution in [0.1, 0.15) is 44.4 Å². The molecule has 0 aliphatic rings. The molecule has 1 heterocycles. The molecular weight excluding hydrogens is 540 g/mol. The first-order chi connectivity index (χ1) is 19.7. The first-order valence-corrected chi connectivity index (χ1v) is 14.4. The molecule has 1 atom stereocenters. The van der Waals surface area contributed by atoms with Crippen LogP contribution in [0.25, 0.3) is 10.2 Å². The van der Waals surface area contributed by atoms with Crippen LogP contribution in [0.2, 0.25) is 0 Å². The molecule has 4 aromatic rings. The van der Waals surface area contributed by atoms with Crippen LogP contribution in [0, 0.1) is 0 Å². The Morgan fingerprint density at radius 3 is 2.39 bits per heavy atom. The molecule has 8 nitrogen and oxygen atoms in total. The molecule has 0 spiro atoms. The van der Waals surface area contributed by atoms with Gasteiger partial charge in [-0.25, -0.2) is 4.79 Å². The van der Waals surface area contributed by atoms with Gasteiger partial charge < -0.3 is 19.0 Å². The zero-order valence-electron chi connectivity index (χ0n) is 24.1. The lowest BCUT2D eigenvalue weighted by atomic mass is 10.0. The number of ether oxygens (including phenoxy) is 3. The number of methoxy groups -OCH3 is 1. The predicted octanol–water partition coefficient (Wildman–Crippen LogP) is 5.83. The summed E-state index contributed by atoms with van der Waals surface area (Å²) in [6.07, 6.45) is -0.227. The van der Waals surface area contributed by atoms with Gasteiger partial charge in [-0.1, -0.05) is 65.0 Å². The molecule has 4 rings (SSSR count). The fourth-order valence-electron chi connectivity index (χ4n) is 4.21. The van der Waals surface area contributed by atoms with E-state index in [1.54, 1.807) is 4.57 Å². The Kier molecular flexibility index (Phi) is 9.96. The van der Waals surface area contributed by atoms with Crippen LogP contribution in [-0.2, 0) is 32.1 Å². The van der Waals surface area contributed by atoms with Gasteiger partial charge in [0.2, 0.25) is 0 Å². The quantitative estimate of drug-likeness (QED) is 0.120. The first kappa shape index (κ1) is 30.0. The molecule has 0 fully saturated rings. The first-order valence-electron chi connectivity index (χ1n) is 13.5. The topological polar surface area (TPSA) is 88.4 Å². The lowest BCUT2D eigenvalue weighted by Crippen LogP contribution is -2.28. The average Bonchev–Trinajstić information content (AvgIpc) is 3.27. The third kappa shape index (κ3) is 8.05. The smallest absolute Gasteiger partial charge is 0.335 e. The molecule has 0 radical (unpaired) electrons. The second-order valence-electron chi connectivity index (χ2n) is 10.4. The largest absolute Gasteiger partial charge is 0.492 e. The number of fused-ring (bicyclic) bond motifs is 1. The van der Waals surface area contributed by atoms with E-state index in [0.29, 0.717) is 37.6 Å². The van der Waals surface area contributed by atoms with Gasteiger partial charge in [0.15, 0.2) is 6.10 Å². The van der Waals surface area contributed by atoms with E-state index in [0.717, 1.165) is 26.9 Å². The maximum Gasteiger partial charge on any atom is 0.335 e. The summed E-state index contributed by atoms with van der Waals surface area (Å²) in [5.41, 5.74) is 3.85. The number of esters is 1. The fourth-order valence-corrected chi connectivity index (χ4v) is 5.17. The summed E-state index contributed by atoms with van der Waals surface area (Å²) >= 11 is 1.20. The van der Waals surface area contributed by atoms with Gasteiger partial charge in [-0.15, -0.1) is 0 Å². The van der Waals surface area contributed by atoms with Crippen molar-refractivity contribution in [1.29, 1.82) is 0 Å². The molecule has 0 bridgehead atoms. The summed E-state index contributed by atoms with van der Waals surface area (Å²) in [7, 11) is 1.35. The summed E-state index contributed by atoms with van der Waals surface area (Å²) in [6.45, 7) is 8.85. The lowest BCUT2D eigenvalue weighted by molar-refractivity contribution is -0.153. The van der Waals surface area contributed by atoms with Crippen molar-refractivity contribution in [3.05, 3.63) is 99.2 Å². The Morgan fingerprint density at radius 2 is 1.73 bits per heavy atom. The van der Waals surface area contributed by atoms with Crippen molar-refractivity contribution < 1.29 is 23.8 Å². The van der Waals surface area contributed by atoms with Gasteiger partial charge in [-0.2, -0.15) is 0 Å². The van der Waals surface area contributed by atoms with Gasteiger partial charge in [-0.05, 0) is 57.5 Å². The van der Waals surface area contributed by atoms with Gasteiger partial charge >= 0.3 is 10.8 Å². The zero-order chi connectivity index (χ0) is 29.4. The molecule has 41 heavy (non-hydrogen) atoms. The minimum Gasteiger partial charge on any atom is -0.492 e. The van der Waals surface area contributed by atoms with Crippen molar-refractivity contribution in [3.8, 4) is 5.75 Å². The summed E-state index contributed by atoms with van der Waals surface area (Å²) in [5, 5.41) is 4.49. The second kappa shape index (κ2) is 13.6. The van der Waals surface area contributed by atoms with Crippen LogP contribution in [0.3, 0.4) is 0 Å². The lowest BCUT2D eigenvalue weighted by Gasteiger charge is -2.17. The van der Waals surface area contributed by atoms with Gasteiger partial charge in [0.25, 0.3) is 0 Å². The van der Waals surface area contributed by atoms with E-state index in [4.69, 9.17) is 19.0 Å². The molecule has 9 heteroatoms. The number of hydrogen-bond acceptors (Lipinski definition) is 8. The predicted molar refractivity (Wildman–Crippen MR) is 162 cm³/mol. The van der Waals surface area contributed by atoms with E-state index < -0.39 is 17.7 Å². The number of thiazole rings is 1. The van der Waals surface area contributed by atoms with E-state index in [2.05, 4.69) is 5.16 Å². The minimum absolute atomic E-state index is 0.0509. The van der Waals surface area contributed by atoms with Crippen molar-refractivity contribution in [1.82, 2.24) is 4.57 Å². The molecule has 0 N–H and O–H groups in total. The van der Waals surface area contributed by atoms with Crippen LogP contribution in [0.15, 0.2) is 82.7 Å². The Balaban J connectivity index is 1.46. The van der Waals surface area contributed by atoms with E-state index in [-0.39, 0.29) is 4.87 Å². The number of rotatable bonds is 12. The molecule has 0 amide bonds. The van der Waals surface area contributed by atoms with Crippen molar-refractivity contribution in [2.45, 2.75) is 52.4 Å². The molecule has 0 aliphatic carbocycles. The maximum atomic E-state index is 12.9. The molecule has 0 saturated heterocycles. The van der Waals surface area contributed by atoms with E-state index >= 15 is 0 Å². The normalized spacial score (nSPS) is 12.8. The van der Waals surface area contributed by atoms with Crippen LogP contribution in [0.4, 0.5) is 0 Å². The Labute approximate surface area is 244 Å². The number of oxime groups is 1. The second-order valence-corrected chi connectivity index (χ2v) is 11.4. The number of nitrogens with zero attached hydrogens (tertiary/aromatic N) is 2. The fraction of sp³-hybridized carbons (Fsp3) is 0.344. The minimum atomic E-state index is -0.642. The molecular formula is C32H36N2O6S. The Morgan fingerprint density at radius 1 is 1.00 bits per heavy atom. The molecule has 1 aromatic heterocycles. The van der Waals surface area contributed by atoms with Crippen LogP contribution < -0.4 is 9.61 Å². The van der Waals surface area contributed by atoms with Crippen LogP contribution >= 0.6 is 11.3 Å². The van der Waals surface area contributed by atoms with Crippen molar-refractivity contribution in [2.75, 3.05) is 20.3 Å². The van der Waals surface area contributed by atoms with Crippen molar-refractivity contribution in [2.24, 2.45) is 5.16 Å². The highest BCUT2D eigenvalue weighted by molar-refractivity contribution is 7.16. The summed E-state index contributed by atoms with van der Waals surface area (Å²) in [4.78, 5) is 30.5. The third-order valence-corrected chi connectivity index (χ3v) is 7.10. The van der Waals surface area contributed by atoms with Crippen LogP contribution in [-0.4, -0.2) is 48.3 Å². The summed E-state index contributed by atoms with van der Waals surface area (Å²) in [5.74, 6) is 0.284. The Bertz CT molecular complexity index is 1530. The SMILES string of the molecule is CCOC(Cc1ccc(OCCn2c(=O)sc3cc(/C(=N\OC(C)(C)C)c4ccccc4)ccc32)cc1)C(=O)OC. The number of carbonyl (C=O) groups excluding carboxylic acids is 1. The molecule has 0 saturated carbocycles. The summed E-state index contributed by atoms with van der Waals surface area (Å²) in [6, 6.07) is 23.2. The van der Waals surface area contributed by atoms with E-state index in [1.807, 2.05) is 100 Å². The monoisotopic (exact) mass is 576 g/mol. The average molecular weight is 577 g/mol. The van der Waals surface area contributed by atoms with Gasteiger partial charge in [0.1, 0.15) is 23.7 Å². The molecule has 1 unspecified atom stereocenters. The number of carbonyl (C=O) groups is 1. The number of benzene rings is 3. The highest BCUT2D eigenvalue weighted by atomic mass is 32.1. The number of hydrogen-bond donors (Lipinski definition) is 0. The highest BCUT2D eigenvalue weighted by Gasteiger charge is 2.20. The van der Waals surface area contributed by atoms with Gasteiger partial charge in [-0.3, -0.25) is 9.36 Å². The standard InChI is InChI=1S/C32H36N2O6S/c1-6-38-27(30(35)37-5)20-22-12-15-25(16-13-22)39-19-18-34-26-17-14-24(21-28(26)41-31(34)36)29(33-40-32(2,3)4)23-10-8-7-9-11-23/h7-17,21,27H,6,18-20H2,1-5H3/b33-29-. The van der Waals surface area contributed by atoms with Crippen molar-refractivity contribution >= 4 is 33.2 Å². The van der Waals surface area contributed by atoms with Crippen LogP contribution in [0.5, 0.6) is 5.75 Å². The number of aromatic nitrogens is 1. The molecule has 216 valence electrons. The molecule has 0 aliphatic heterocycles. The molecule has 3 aromatic carbocycles. The van der Waals surface area contributed by atoms with Gasteiger partial charge in [0, 0.05) is 24.2 Å². The maximum absolute atomic E-state index is 12.9. The Hall–Kier alpha value is -3.95. The highest BCUT2D eigenvalue weighted by Crippen LogP contribution is 2.23. The van der Waals surface area contributed by atoms with Crippen molar-refractivity contribution in [3.63, 3.8) is 0 Å². The third-order valence-electron chi connectivity index (χ3n) is 6.16. The van der Waals surface area contributed by atoms with E-state index in [1.165, 1.54) is 18.4 Å². The van der Waals surface area contributed by atoms with E-state index in [9.17, 15) is 9.59 Å². The zero-order valence-corrected chi connectivity index (χ0v) is 24.9.